The fraction of sp³-hybridized carbons (Fsp3) is 0. The fourth-order valence-corrected chi connectivity index (χ4v) is 1.16. The molecule has 0 fully saturated rings. The molecule has 2 rings (SSSR count). The van der Waals surface area contributed by atoms with Gasteiger partial charge in [0.15, 0.2) is 0 Å². The summed E-state index contributed by atoms with van der Waals surface area (Å²) < 4.78 is 0. The van der Waals surface area contributed by atoms with Gasteiger partial charge in [0.25, 0.3) is 0 Å². The Hall–Kier alpha value is -1.63. The molecule has 0 spiro atoms. The van der Waals surface area contributed by atoms with Crippen LogP contribution in [0.5, 0.6) is 0 Å². The highest BCUT2D eigenvalue weighted by Crippen LogP contribution is 2.13. The summed E-state index contributed by atoms with van der Waals surface area (Å²) in [4.78, 5) is 4.12. The second-order valence-electron chi connectivity index (χ2n) is 2.60. The lowest BCUT2D eigenvalue weighted by molar-refractivity contribution is 1.39. The Kier molecular flexibility index (Phi) is 1.63. The van der Waals surface area contributed by atoms with E-state index >= 15 is 0 Å². The van der Waals surface area contributed by atoms with Gasteiger partial charge >= 0.3 is 0 Å². The highest BCUT2D eigenvalue weighted by molar-refractivity contribution is 5.80. The molecule has 1 aromatic heterocycles. The molecule has 0 aliphatic heterocycles. The van der Waals surface area contributed by atoms with E-state index in [1.54, 1.807) is 0 Å². The molecule has 0 unspecified atom stereocenters. The van der Waals surface area contributed by atoms with Gasteiger partial charge in [-0.3, -0.25) is 0 Å². The summed E-state index contributed by atoms with van der Waals surface area (Å²) in [5.74, 6) is 0. The van der Waals surface area contributed by atoms with E-state index in [1.807, 2.05) is 36.4 Å². The number of fused-ring (bicyclic) bond motifs is 1. The minimum atomic E-state index is 0.968. The van der Waals surface area contributed by atoms with E-state index in [4.69, 9.17) is 0 Å². The number of aromatic nitrogens is 1. The molecular weight excluding hydrogens is 146 g/mol. The zero-order valence-corrected chi connectivity index (χ0v) is 6.62. The molecule has 0 saturated heterocycles. The van der Waals surface area contributed by atoms with Crippen LogP contribution in [0.25, 0.3) is 17.0 Å². The van der Waals surface area contributed by atoms with E-state index < -0.39 is 0 Å². The zero-order valence-electron chi connectivity index (χ0n) is 6.62. The van der Waals surface area contributed by atoms with Gasteiger partial charge in [0.2, 0.25) is 0 Å². The third-order valence-electron chi connectivity index (χ3n) is 1.81. The summed E-state index contributed by atoms with van der Waals surface area (Å²) in [7, 11) is 0. The first-order valence-electron chi connectivity index (χ1n) is 3.79. The second kappa shape index (κ2) is 2.78. The average molecular weight is 154 g/mol. The van der Waals surface area contributed by atoms with Crippen molar-refractivity contribution in [3.8, 4) is 0 Å². The van der Waals surface area contributed by atoms with Gasteiger partial charge in [0, 0.05) is 5.39 Å². The van der Waals surface area contributed by atoms with Crippen LogP contribution in [0.1, 0.15) is 5.56 Å². The molecule has 0 saturated carbocycles. The van der Waals surface area contributed by atoms with Crippen molar-refractivity contribution in [1.82, 2.24) is 4.98 Å². The number of hydrogen-bond acceptors (Lipinski definition) is 1. The van der Waals surface area contributed by atoms with Crippen molar-refractivity contribution >= 4 is 17.0 Å². The van der Waals surface area contributed by atoms with Gasteiger partial charge in [-0.05, 0) is 17.7 Å². The Balaban J connectivity index is 2.75. The predicted molar refractivity (Wildman–Crippen MR) is 50.7 cm³/mol. The van der Waals surface area contributed by atoms with Crippen molar-refractivity contribution in [2.75, 3.05) is 0 Å². The molecule has 57 valence electrons. The fourth-order valence-electron chi connectivity index (χ4n) is 1.16. The number of hydrogen-bond donors (Lipinski definition) is 0. The first kappa shape index (κ1) is 7.04. The topological polar surface area (TPSA) is 12.9 Å². The Labute approximate surface area is 71.4 Å². The molecule has 1 aromatic carbocycles. The van der Waals surface area contributed by atoms with Crippen LogP contribution in [-0.2, 0) is 0 Å². The molecule has 0 aliphatic carbocycles. The van der Waals surface area contributed by atoms with Crippen LogP contribution in [0.2, 0.25) is 0 Å². The summed E-state index contributed by atoms with van der Waals surface area (Å²) in [6, 6.07) is 9.87. The molecule has 2 aromatic rings. The van der Waals surface area contributed by atoms with E-state index in [1.165, 1.54) is 0 Å². The summed E-state index contributed by atoms with van der Waals surface area (Å²) in [5.41, 5.74) is 2.06. The third-order valence-corrected chi connectivity index (χ3v) is 1.81. The predicted octanol–water partition coefficient (Wildman–Crippen LogP) is 2.68. The maximum atomic E-state index is 4.12. The minimum Gasteiger partial charge on any atom is -0.246 e. The van der Waals surface area contributed by atoms with E-state index in [9.17, 15) is 0 Å². The van der Waals surface area contributed by atoms with Crippen molar-refractivity contribution in [3.05, 3.63) is 48.7 Å². The van der Waals surface area contributed by atoms with Crippen LogP contribution in [0.15, 0.2) is 36.9 Å². The average Bonchev–Trinajstić information content (AvgIpc) is 2.17. The van der Waals surface area contributed by atoms with Crippen molar-refractivity contribution in [3.63, 3.8) is 0 Å². The lowest BCUT2D eigenvalue weighted by atomic mass is 10.1. The molecule has 1 nitrogen and oxygen atoms in total. The Morgan fingerprint density at radius 2 is 2.25 bits per heavy atom. The van der Waals surface area contributed by atoms with Gasteiger partial charge in [-0.1, -0.05) is 30.9 Å². The summed E-state index contributed by atoms with van der Waals surface area (Å²) >= 11 is 0. The van der Waals surface area contributed by atoms with Crippen molar-refractivity contribution < 1.29 is 0 Å². The molecule has 12 heavy (non-hydrogen) atoms. The first-order valence-corrected chi connectivity index (χ1v) is 3.79. The summed E-state index contributed by atoms with van der Waals surface area (Å²) in [6.45, 7) is 3.70. The van der Waals surface area contributed by atoms with Crippen LogP contribution in [-0.4, -0.2) is 4.98 Å². The SMILES string of the molecule is C=Cc1ccc2cc[c]nc2c1. The van der Waals surface area contributed by atoms with Gasteiger partial charge < -0.3 is 0 Å². The van der Waals surface area contributed by atoms with Crippen LogP contribution < -0.4 is 0 Å². The first-order chi connectivity index (χ1) is 5.90. The molecule has 1 radical (unpaired) electrons. The van der Waals surface area contributed by atoms with Crippen LogP contribution >= 0.6 is 0 Å². The monoisotopic (exact) mass is 154 g/mol. The zero-order chi connectivity index (χ0) is 8.39. The van der Waals surface area contributed by atoms with E-state index in [-0.39, 0.29) is 0 Å². The van der Waals surface area contributed by atoms with Crippen LogP contribution in [0.4, 0.5) is 0 Å². The molecule has 0 amide bonds. The van der Waals surface area contributed by atoms with Gasteiger partial charge in [0.1, 0.15) is 0 Å². The smallest absolute Gasteiger partial charge is 0.0894 e. The van der Waals surface area contributed by atoms with Gasteiger partial charge in [-0.15, -0.1) is 0 Å². The van der Waals surface area contributed by atoms with Gasteiger partial charge in [-0.2, -0.15) is 0 Å². The van der Waals surface area contributed by atoms with E-state index in [0.717, 1.165) is 16.5 Å². The van der Waals surface area contributed by atoms with Crippen molar-refractivity contribution in [2.45, 2.75) is 0 Å². The molecule has 0 atom stereocenters. The highest BCUT2D eigenvalue weighted by Gasteiger charge is 1.92. The molecule has 1 heteroatoms. The quantitative estimate of drug-likeness (QED) is 0.615. The Morgan fingerprint density at radius 3 is 3.08 bits per heavy atom. The molecule has 0 bridgehead atoms. The molecule has 0 aliphatic rings. The summed E-state index contributed by atoms with van der Waals surface area (Å²) in [6.07, 6.45) is 4.62. The minimum absolute atomic E-state index is 0.968. The largest absolute Gasteiger partial charge is 0.246 e. The number of pyridine rings is 1. The second-order valence-corrected chi connectivity index (χ2v) is 2.60. The molecule has 0 N–H and O–H groups in total. The third kappa shape index (κ3) is 1.10. The molecule has 1 heterocycles. The van der Waals surface area contributed by atoms with E-state index in [2.05, 4.69) is 17.8 Å². The summed E-state index contributed by atoms with van der Waals surface area (Å²) in [5, 5.41) is 1.14. The lowest BCUT2D eigenvalue weighted by Gasteiger charge is -1.96. The standard InChI is InChI=1S/C11H8N/c1-2-9-5-6-10-4-3-7-12-11(10)8-9/h2-6,8H,1H2. The number of nitrogens with zero attached hydrogens (tertiary/aromatic N) is 1. The van der Waals surface area contributed by atoms with Crippen LogP contribution in [0.3, 0.4) is 0 Å². The number of rotatable bonds is 1. The van der Waals surface area contributed by atoms with Gasteiger partial charge in [-0.25, -0.2) is 4.98 Å². The van der Waals surface area contributed by atoms with Crippen molar-refractivity contribution in [2.24, 2.45) is 0 Å². The Bertz CT molecular complexity index is 418. The van der Waals surface area contributed by atoms with Crippen LogP contribution in [0, 0.1) is 6.20 Å². The Morgan fingerprint density at radius 1 is 1.33 bits per heavy atom. The van der Waals surface area contributed by atoms with E-state index in [0.29, 0.717) is 0 Å². The van der Waals surface area contributed by atoms with Gasteiger partial charge in [0.05, 0.1) is 11.7 Å². The maximum absolute atomic E-state index is 4.12. The maximum Gasteiger partial charge on any atom is 0.0894 e. The molecular formula is C11H8N. The normalized spacial score (nSPS) is 10.0. The lowest BCUT2D eigenvalue weighted by Crippen LogP contribution is -1.78. The highest BCUT2D eigenvalue weighted by atomic mass is 14.6. The number of benzene rings is 1. The van der Waals surface area contributed by atoms with Crippen molar-refractivity contribution in [1.29, 1.82) is 0 Å².